The third kappa shape index (κ3) is 2.80. The molecule has 1 aromatic carbocycles. The fourth-order valence-electron chi connectivity index (χ4n) is 3.26. The maximum absolute atomic E-state index is 13.0. The van der Waals surface area contributed by atoms with Crippen LogP contribution in [-0.4, -0.2) is 37.7 Å². The minimum Gasteiger partial charge on any atom is -0.391 e. The van der Waals surface area contributed by atoms with Crippen molar-refractivity contribution in [3.8, 4) is 0 Å². The van der Waals surface area contributed by atoms with E-state index in [1.807, 2.05) is 0 Å². The Balaban J connectivity index is 1.77. The zero-order valence-electron chi connectivity index (χ0n) is 12.9. The fraction of sp³-hybridized carbons (Fsp3) is 0.312. The third-order valence-electron chi connectivity index (χ3n) is 4.35. The van der Waals surface area contributed by atoms with E-state index in [4.69, 9.17) is 0 Å². The number of aliphatic hydroxyl groups excluding tert-OH is 1. The molecule has 130 valence electrons. The number of halogens is 3. The van der Waals surface area contributed by atoms with Crippen molar-refractivity contribution in [3.63, 3.8) is 0 Å². The van der Waals surface area contributed by atoms with Gasteiger partial charge in [-0.05, 0) is 24.1 Å². The van der Waals surface area contributed by atoms with Gasteiger partial charge in [0.05, 0.1) is 24.0 Å². The molecule has 0 spiro atoms. The van der Waals surface area contributed by atoms with Crippen LogP contribution in [0.4, 0.5) is 19.0 Å². The molecule has 25 heavy (non-hydrogen) atoms. The highest BCUT2D eigenvalue weighted by molar-refractivity contribution is 5.83. The van der Waals surface area contributed by atoms with Crippen LogP contribution in [0.2, 0.25) is 0 Å². The number of rotatable bonds is 2. The summed E-state index contributed by atoms with van der Waals surface area (Å²) in [6, 6.07) is 4.76. The summed E-state index contributed by atoms with van der Waals surface area (Å²) < 4.78 is 39.1. The van der Waals surface area contributed by atoms with E-state index < -0.39 is 23.9 Å². The van der Waals surface area contributed by atoms with Crippen molar-refractivity contribution in [2.24, 2.45) is 0 Å². The Morgan fingerprint density at radius 2 is 2.04 bits per heavy atom. The highest BCUT2D eigenvalue weighted by Gasteiger charge is 2.36. The molecular weight excluding hydrogens is 335 g/mol. The summed E-state index contributed by atoms with van der Waals surface area (Å²) in [5, 5.41) is 10.1. The molecule has 0 amide bonds. The van der Waals surface area contributed by atoms with Crippen molar-refractivity contribution >= 4 is 17.0 Å². The number of aromatic nitrogens is 4. The zero-order valence-corrected chi connectivity index (χ0v) is 12.9. The number of anilines is 1. The largest absolute Gasteiger partial charge is 0.416 e. The van der Waals surface area contributed by atoms with Crippen molar-refractivity contribution in [2.75, 3.05) is 11.4 Å². The molecule has 2 aromatic heterocycles. The van der Waals surface area contributed by atoms with E-state index in [1.165, 1.54) is 18.7 Å². The number of hydrogen-bond acceptors (Lipinski definition) is 5. The molecule has 3 heterocycles. The maximum Gasteiger partial charge on any atom is 0.416 e. The number of alkyl halides is 3. The molecular formula is C16H14F3N5O. The van der Waals surface area contributed by atoms with E-state index >= 15 is 0 Å². The van der Waals surface area contributed by atoms with Gasteiger partial charge in [0.1, 0.15) is 11.8 Å². The smallest absolute Gasteiger partial charge is 0.391 e. The van der Waals surface area contributed by atoms with E-state index in [9.17, 15) is 18.3 Å². The first-order chi connectivity index (χ1) is 11.9. The van der Waals surface area contributed by atoms with Gasteiger partial charge in [-0.15, -0.1) is 0 Å². The van der Waals surface area contributed by atoms with Crippen molar-refractivity contribution < 1.29 is 18.3 Å². The second kappa shape index (κ2) is 5.69. The molecule has 4 rings (SSSR count). The Bertz CT molecular complexity index is 910. The van der Waals surface area contributed by atoms with Crippen molar-refractivity contribution in [1.82, 2.24) is 19.9 Å². The van der Waals surface area contributed by atoms with Gasteiger partial charge in [-0.1, -0.05) is 12.1 Å². The van der Waals surface area contributed by atoms with Crippen LogP contribution in [0.1, 0.15) is 23.6 Å². The molecule has 1 aliphatic heterocycles. The standard InChI is InChI=1S/C16H14F3N5O/c17-16(18,19)10-3-1-2-9(4-10)12-5-11(25)6-24(12)15-13-14(21-7-20-13)22-8-23-15/h1-4,7-8,11-12,25H,5-6H2,(H,20,21,22,23). The summed E-state index contributed by atoms with van der Waals surface area (Å²) in [7, 11) is 0. The summed E-state index contributed by atoms with van der Waals surface area (Å²) in [6.07, 6.45) is -1.92. The molecule has 1 fully saturated rings. The topological polar surface area (TPSA) is 77.9 Å². The molecule has 0 bridgehead atoms. The number of nitrogens with one attached hydrogen (secondary N) is 1. The van der Waals surface area contributed by atoms with Gasteiger partial charge in [0, 0.05) is 6.54 Å². The van der Waals surface area contributed by atoms with Crippen LogP contribution in [-0.2, 0) is 6.18 Å². The molecule has 9 heteroatoms. The molecule has 6 nitrogen and oxygen atoms in total. The summed E-state index contributed by atoms with van der Waals surface area (Å²) in [6.45, 7) is 0.270. The van der Waals surface area contributed by atoms with Crippen molar-refractivity contribution in [1.29, 1.82) is 0 Å². The Morgan fingerprint density at radius 3 is 2.84 bits per heavy atom. The molecule has 0 aliphatic carbocycles. The fourth-order valence-corrected chi connectivity index (χ4v) is 3.26. The summed E-state index contributed by atoms with van der Waals surface area (Å²) in [5.41, 5.74) is 0.834. The van der Waals surface area contributed by atoms with E-state index in [-0.39, 0.29) is 6.54 Å². The number of fused-ring (bicyclic) bond motifs is 1. The molecule has 1 aliphatic rings. The number of hydrogen-bond donors (Lipinski definition) is 2. The predicted molar refractivity (Wildman–Crippen MR) is 83.8 cm³/mol. The Hall–Kier alpha value is -2.68. The van der Waals surface area contributed by atoms with Crippen LogP contribution in [0, 0.1) is 0 Å². The van der Waals surface area contributed by atoms with E-state index in [0.29, 0.717) is 29.0 Å². The van der Waals surface area contributed by atoms with E-state index in [1.54, 1.807) is 11.0 Å². The number of benzene rings is 1. The molecule has 2 N–H and O–H groups in total. The van der Waals surface area contributed by atoms with Crippen LogP contribution in [0.5, 0.6) is 0 Å². The average molecular weight is 349 g/mol. The first-order valence-corrected chi connectivity index (χ1v) is 7.69. The van der Waals surface area contributed by atoms with Crippen molar-refractivity contribution in [3.05, 3.63) is 48.0 Å². The Kier molecular flexibility index (Phi) is 3.60. The zero-order chi connectivity index (χ0) is 17.6. The molecule has 2 atom stereocenters. The lowest BCUT2D eigenvalue weighted by molar-refractivity contribution is -0.137. The van der Waals surface area contributed by atoms with Crippen LogP contribution in [0.15, 0.2) is 36.9 Å². The van der Waals surface area contributed by atoms with Gasteiger partial charge >= 0.3 is 6.18 Å². The maximum atomic E-state index is 13.0. The lowest BCUT2D eigenvalue weighted by atomic mass is 10.0. The summed E-state index contributed by atoms with van der Waals surface area (Å²) in [4.78, 5) is 17.1. The summed E-state index contributed by atoms with van der Waals surface area (Å²) in [5.74, 6) is 0.515. The van der Waals surface area contributed by atoms with Crippen LogP contribution in [0.25, 0.3) is 11.2 Å². The second-order valence-corrected chi connectivity index (χ2v) is 5.98. The van der Waals surface area contributed by atoms with Gasteiger partial charge in [0.15, 0.2) is 11.5 Å². The van der Waals surface area contributed by atoms with E-state index in [0.717, 1.165) is 12.1 Å². The lowest BCUT2D eigenvalue weighted by Gasteiger charge is -2.26. The third-order valence-corrected chi connectivity index (χ3v) is 4.35. The van der Waals surface area contributed by atoms with Gasteiger partial charge in [-0.25, -0.2) is 15.0 Å². The highest BCUT2D eigenvalue weighted by Crippen LogP contribution is 2.39. The van der Waals surface area contributed by atoms with Gasteiger partial charge < -0.3 is 15.0 Å². The predicted octanol–water partition coefficient (Wildman–Crippen LogP) is 2.68. The molecule has 1 saturated heterocycles. The SMILES string of the molecule is OC1CC(c2cccc(C(F)(F)F)c2)N(c2ncnc3nc[nH]c23)C1. The number of nitrogens with zero attached hydrogens (tertiary/aromatic N) is 4. The van der Waals surface area contributed by atoms with Crippen molar-refractivity contribution in [2.45, 2.75) is 24.7 Å². The average Bonchev–Trinajstić information content (AvgIpc) is 3.20. The normalized spacial score (nSPS) is 21.2. The van der Waals surface area contributed by atoms with Gasteiger partial charge in [-0.2, -0.15) is 13.2 Å². The number of β-amino-alcohol motifs (C(OH)–C–C–N with tert-alkyl or cyclic N) is 1. The molecule has 0 radical (unpaired) electrons. The number of imidazole rings is 1. The highest BCUT2D eigenvalue weighted by atomic mass is 19.4. The number of aromatic amines is 1. The minimum atomic E-state index is -4.41. The minimum absolute atomic E-state index is 0.270. The van der Waals surface area contributed by atoms with Crippen LogP contribution >= 0.6 is 0 Å². The Morgan fingerprint density at radius 1 is 1.20 bits per heavy atom. The van der Waals surface area contributed by atoms with E-state index in [2.05, 4.69) is 19.9 Å². The Labute approximate surface area is 140 Å². The van der Waals surface area contributed by atoms with Gasteiger partial charge in [-0.3, -0.25) is 0 Å². The lowest BCUT2D eigenvalue weighted by Crippen LogP contribution is -2.25. The first-order valence-electron chi connectivity index (χ1n) is 7.69. The monoisotopic (exact) mass is 349 g/mol. The summed E-state index contributed by atoms with van der Waals surface area (Å²) >= 11 is 0. The quantitative estimate of drug-likeness (QED) is 0.744. The number of H-pyrrole nitrogens is 1. The van der Waals surface area contributed by atoms with Crippen LogP contribution in [0.3, 0.4) is 0 Å². The molecule has 3 aromatic rings. The first kappa shape index (κ1) is 15.8. The van der Waals surface area contributed by atoms with Gasteiger partial charge in [0.2, 0.25) is 0 Å². The van der Waals surface area contributed by atoms with Gasteiger partial charge in [0.25, 0.3) is 0 Å². The molecule has 0 saturated carbocycles. The van der Waals surface area contributed by atoms with Crippen LogP contribution < -0.4 is 4.90 Å². The molecule has 2 unspecified atom stereocenters. The number of aliphatic hydroxyl groups is 1. The second-order valence-electron chi connectivity index (χ2n) is 5.98.